The second-order valence-electron chi connectivity index (χ2n) is 3.21. The maximum atomic E-state index is 13.0. The van der Waals surface area contributed by atoms with Gasteiger partial charge < -0.3 is 9.84 Å². The van der Waals surface area contributed by atoms with Crippen molar-refractivity contribution in [1.82, 2.24) is 0 Å². The Morgan fingerprint density at radius 1 is 1.25 bits per heavy atom. The van der Waals surface area contributed by atoms with Crippen LogP contribution in [0.25, 0.3) is 0 Å². The Morgan fingerprint density at radius 3 is 2.44 bits per heavy atom. The first-order valence-electron chi connectivity index (χ1n) is 4.08. The minimum atomic E-state index is -4.65. The van der Waals surface area contributed by atoms with Gasteiger partial charge in [-0.25, -0.2) is 4.79 Å². The molecular formula is C9H4F4O3. The number of benzene rings is 1. The maximum absolute atomic E-state index is 13.0. The molecule has 0 radical (unpaired) electrons. The Labute approximate surface area is 86.3 Å². The predicted octanol–water partition coefficient (Wildman–Crippen LogP) is 2.46. The molecule has 16 heavy (non-hydrogen) atoms. The van der Waals surface area contributed by atoms with Gasteiger partial charge in [0.05, 0.1) is 11.1 Å². The summed E-state index contributed by atoms with van der Waals surface area (Å²) in [4.78, 5) is 10.5. The summed E-state index contributed by atoms with van der Waals surface area (Å²) in [5.41, 5.74) is -1.41. The van der Waals surface area contributed by atoms with Gasteiger partial charge in [0.1, 0.15) is 5.75 Å². The highest BCUT2D eigenvalue weighted by molar-refractivity contribution is 5.88. The number of ether oxygens (including phenoxy) is 1. The highest BCUT2D eigenvalue weighted by Crippen LogP contribution is 2.53. The lowest BCUT2D eigenvalue weighted by atomic mass is 10.1. The van der Waals surface area contributed by atoms with E-state index in [0.29, 0.717) is 12.1 Å². The first-order chi connectivity index (χ1) is 7.25. The fraction of sp³-hybridized carbons (Fsp3) is 0.222. The van der Waals surface area contributed by atoms with Crippen LogP contribution in [0, 0.1) is 0 Å². The van der Waals surface area contributed by atoms with E-state index in [1.54, 1.807) is 0 Å². The van der Waals surface area contributed by atoms with Crippen molar-refractivity contribution in [3.63, 3.8) is 0 Å². The number of aromatic carboxylic acids is 1. The van der Waals surface area contributed by atoms with E-state index in [0.717, 1.165) is 6.07 Å². The number of hydrogen-bond donors (Lipinski definition) is 1. The van der Waals surface area contributed by atoms with E-state index in [-0.39, 0.29) is 0 Å². The largest absolute Gasteiger partial charge is 0.478 e. The predicted molar refractivity (Wildman–Crippen MR) is 42.9 cm³/mol. The zero-order chi connectivity index (χ0) is 12.1. The average Bonchev–Trinajstić information content (AvgIpc) is 2.32. The summed E-state index contributed by atoms with van der Waals surface area (Å²) in [6.45, 7) is 0. The molecule has 0 amide bonds. The first kappa shape index (κ1) is 10.7. The molecule has 0 saturated heterocycles. The van der Waals surface area contributed by atoms with Crippen molar-refractivity contribution < 1.29 is 32.2 Å². The molecule has 0 unspecified atom stereocenters. The van der Waals surface area contributed by atoms with Crippen molar-refractivity contribution >= 4 is 5.97 Å². The number of fused-ring (bicyclic) bond motifs is 1. The van der Waals surface area contributed by atoms with Crippen LogP contribution >= 0.6 is 0 Å². The van der Waals surface area contributed by atoms with Gasteiger partial charge in [-0.05, 0) is 18.2 Å². The first-order valence-corrected chi connectivity index (χ1v) is 4.08. The van der Waals surface area contributed by atoms with Gasteiger partial charge >= 0.3 is 18.0 Å². The Bertz CT molecular complexity index is 470. The van der Waals surface area contributed by atoms with Gasteiger partial charge in [0.25, 0.3) is 0 Å². The summed E-state index contributed by atoms with van der Waals surface area (Å²) in [5.74, 6) is -6.67. The summed E-state index contributed by atoms with van der Waals surface area (Å²) in [5, 5.41) is 8.55. The van der Waals surface area contributed by atoms with E-state index in [9.17, 15) is 22.4 Å². The maximum Gasteiger partial charge on any atom is 0.469 e. The van der Waals surface area contributed by atoms with Crippen LogP contribution < -0.4 is 4.74 Å². The zero-order valence-electron chi connectivity index (χ0n) is 7.51. The smallest absolute Gasteiger partial charge is 0.469 e. The molecule has 0 aromatic heterocycles. The minimum absolute atomic E-state index is 0.396. The highest BCUT2D eigenvalue weighted by atomic mass is 19.3. The van der Waals surface area contributed by atoms with E-state index >= 15 is 0 Å². The van der Waals surface area contributed by atoms with Crippen molar-refractivity contribution in [3.8, 4) is 5.75 Å². The summed E-state index contributed by atoms with van der Waals surface area (Å²) < 4.78 is 55.3. The van der Waals surface area contributed by atoms with E-state index in [2.05, 4.69) is 4.74 Å². The summed E-state index contributed by atoms with van der Waals surface area (Å²) in [7, 11) is 0. The van der Waals surface area contributed by atoms with Crippen LogP contribution in [0.5, 0.6) is 5.75 Å². The summed E-state index contributed by atoms with van der Waals surface area (Å²) in [6, 6.07) is 2.09. The standard InChI is InChI=1S/C9H4F4O3/c10-8(11)5-2-1-4(7(14)15)3-6(5)16-9(8,12)13/h1-3H,(H,14,15). The van der Waals surface area contributed by atoms with Gasteiger partial charge in [-0.15, -0.1) is 0 Å². The Hall–Kier alpha value is -1.79. The van der Waals surface area contributed by atoms with Gasteiger partial charge in [0, 0.05) is 0 Å². The molecule has 86 valence electrons. The molecule has 0 saturated carbocycles. The van der Waals surface area contributed by atoms with Crippen molar-refractivity contribution in [3.05, 3.63) is 29.3 Å². The third kappa shape index (κ3) is 1.24. The lowest BCUT2D eigenvalue weighted by molar-refractivity contribution is -0.296. The molecule has 1 aliphatic rings. The number of halogens is 4. The third-order valence-corrected chi connectivity index (χ3v) is 2.17. The average molecular weight is 236 g/mol. The Morgan fingerprint density at radius 2 is 1.88 bits per heavy atom. The van der Waals surface area contributed by atoms with Gasteiger partial charge in [-0.3, -0.25) is 0 Å². The normalized spacial score (nSPS) is 20.0. The van der Waals surface area contributed by atoms with Crippen molar-refractivity contribution in [2.24, 2.45) is 0 Å². The van der Waals surface area contributed by atoms with Crippen LogP contribution in [-0.2, 0) is 5.92 Å². The number of rotatable bonds is 1. The Kier molecular flexibility index (Phi) is 1.92. The zero-order valence-corrected chi connectivity index (χ0v) is 7.51. The minimum Gasteiger partial charge on any atom is -0.478 e. The van der Waals surface area contributed by atoms with Crippen LogP contribution in [0.3, 0.4) is 0 Å². The second kappa shape index (κ2) is 2.87. The van der Waals surface area contributed by atoms with Gasteiger partial charge in [-0.1, -0.05) is 0 Å². The van der Waals surface area contributed by atoms with Crippen molar-refractivity contribution in [2.75, 3.05) is 0 Å². The molecule has 7 heteroatoms. The van der Waals surface area contributed by atoms with Crippen molar-refractivity contribution in [2.45, 2.75) is 12.0 Å². The molecule has 3 nitrogen and oxygen atoms in total. The fourth-order valence-electron chi connectivity index (χ4n) is 1.36. The fourth-order valence-corrected chi connectivity index (χ4v) is 1.36. The molecule has 1 N–H and O–H groups in total. The lowest BCUT2D eigenvalue weighted by Crippen LogP contribution is -2.36. The highest BCUT2D eigenvalue weighted by Gasteiger charge is 2.66. The molecule has 2 rings (SSSR count). The second-order valence-corrected chi connectivity index (χ2v) is 3.21. The van der Waals surface area contributed by atoms with Gasteiger partial charge in [0.15, 0.2) is 0 Å². The third-order valence-electron chi connectivity index (χ3n) is 2.17. The lowest BCUT2D eigenvalue weighted by Gasteiger charge is -2.15. The van der Waals surface area contributed by atoms with Crippen LogP contribution in [-0.4, -0.2) is 17.2 Å². The van der Waals surface area contributed by atoms with Gasteiger partial charge in [0.2, 0.25) is 0 Å². The molecule has 0 spiro atoms. The molecule has 0 atom stereocenters. The topological polar surface area (TPSA) is 46.5 Å². The number of carbonyl (C=O) groups is 1. The molecular weight excluding hydrogens is 232 g/mol. The molecule has 1 heterocycles. The molecule has 1 aliphatic heterocycles. The molecule has 1 aromatic carbocycles. The molecule has 0 aliphatic carbocycles. The quantitative estimate of drug-likeness (QED) is 0.762. The SMILES string of the molecule is O=C(O)c1ccc2c(c1)OC(F)(F)C2(F)F. The Balaban J connectivity index is 2.56. The van der Waals surface area contributed by atoms with E-state index in [4.69, 9.17) is 5.11 Å². The number of hydrogen-bond acceptors (Lipinski definition) is 2. The molecule has 0 fully saturated rings. The summed E-state index contributed by atoms with van der Waals surface area (Å²) >= 11 is 0. The molecule has 1 aromatic rings. The van der Waals surface area contributed by atoms with Crippen LogP contribution in [0.4, 0.5) is 17.6 Å². The van der Waals surface area contributed by atoms with E-state index in [1.165, 1.54) is 0 Å². The number of alkyl halides is 4. The number of carboxylic acid groups (broad SMARTS) is 1. The molecule has 0 bridgehead atoms. The monoisotopic (exact) mass is 236 g/mol. The van der Waals surface area contributed by atoms with Gasteiger partial charge in [-0.2, -0.15) is 17.6 Å². The number of carboxylic acids is 1. The van der Waals surface area contributed by atoms with E-state index < -0.39 is 34.9 Å². The summed E-state index contributed by atoms with van der Waals surface area (Å²) in [6.07, 6.45) is -4.65. The van der Waals surface area contributed by atoms with E-state index in [1.807, 2.05) is 0 Å². The van der Waals surface area contributed by atoms with Crippen LogP contribution in [0.15, 0.2) is 18.2 Å². The van der Waals surface area contributed by atoms with Crippen LogP contribution in [0.2, 0.25) is 0 Å². The van der Waals surface area contributed by atoms with Crippen molar-refractivity contribution in [1.29, 1.82) is 0 Å². The van der Waals surface area contributed by atoms with Crippen LogP contribution in [0.1, 0.15) is 15.9 Å².